The van der Waals surface area contributed by atoms with Gasteiger partial charge in [-0.15, -0.1) is 0 Å². The number of carbonyl (C=O) groups is 3. The fraction of sp³-hybridized carbons (Fsp3) is 0.581. The van der Waals surface area contributed by atoms with Crippen molar-refractivity contribution in [1.29, 1.82) is 0 Å². The number of aliphatic hydroxyl groups is 1. The number of ether oxygens (including phenoxy) is 1. The SMILES string of the molecule is CCN(CC)c1ccc(N2CC=C[C@]34O[C@@H]5C=CCN(C)C(=O)[C@@H]5[C@H]3C(=O)N([C@@H](CO)CC(C)C)C4C2=O)cc1. The van der Waals surface area contributed by atoms with E-state index in [2.05, 4.69) is 18.7 Å². The lowest BCUT2D eigenvalue weighted by molar-refractivity contribution is -0.146. The average molecular weight is 551 g/mol. The normalized spacial score (nSPS) is 30.4. The summed E-state index contributed by atoms with van der Waals surface area (Å²) in [5.41, 5.74) is 0.500. The molecule has 4 heterocycles. The van der Waals surface area contributed by atoms with Crippen molar-refractivity contribution in [1.82, 2.24) is 9.80 Å². The predicted octanol–water partition coefficient (Wildman–Crippen LogP) is 2.45. The van der Waals surface area contributed by atoms with Crippen LogP contribution < -0.4 is 9.80 Å². The van der Waals surface area contributed by atoms with Crippen molar-refractivity contribution in [3.05, 3.63) is 48.6 Å². The van der Waals surface area contributed by atoms with Crippen LogP contribution in [0, 0.1) is 17.8 Å². The molecule has 0 bridgehead atoms. The monoisotopic (exact) mass is 550 g/mol. The molecule has 0 saturated carbocycles. The summed E-state index contributed by atoms with van der Waals surface area (Å²) in [5.74, 6) is -2.13. The Balaban J connectivity index is 1.59. The van der Waals surface area contributed by atoms with E-state index >= 15 is 0 Å². The van der Waals surface area contributed by atoms with E-state index in [1.165, 1.54) is 0 Å². The highest BCUT2D eigenvalue weighted by atomic mass is 16.5. The van der Waals surface area contributed by atoms with Gasteiger partial charge in [0, 0.05) is 44.6 Å². The summed E-state index contributed by atoms with van der Waals surface area (Å²) in [6.45, 7) is 10.5. The molecule has 0 aromatic heterocycles. The maximum Gasteiger partial charge on any atom is 0.253 e. The first-order valence-electron chi connectivity index (χ1n) is 14.5. The minimum atomic E-state index is -1.30. The number of hydrogen-bond donors (Lipinski definition) is 1. The number of anilines is 2. The summed E-state index contributed by atoms with van der Waals surface area (Å²) in [4.78, 5) is 49.6. The van der Waals surface area contributed by atoms with Crippen molar-refractivity contribution in [2.45, 2.75) is 57.9 Å². The number of benzene rings is 1. The van der Waals surface area contributed by atoms with E-state index in [1.54, 1.807) is 21.7 Å². The highest BCUT2D eigenvalue weighted by Gasteiger charge is 2.72. The van der Waals surface area contributed by atoms with Crippen LogP contribution in [0.3, 0.4) is 0 Å². The maximum atomic E-state index is 14.6. The number of likely N-dealkylation sites (N-methyl/N-ethyl adjacent to an activating group) is 1. The zero-order valence-electron chi connectivity index (χ0n) is 24.2. The lowest BCUT2D eigenvalue weighted by Gasteiger charge is -2.39. The summed E-state index contributed by atoms with van der Waals surface area (Å²) in [5, 5.41) is 10.5. The quantitative estimate of drug-likeness (QED) is 0.500. The molecule has 0 radical (unpaired) electrons. The van der Waals surface area contributed by atoms with Crippen LogP contribution in [0.5, 0.6) is 0 Å². The summed E-state index contributed by atoms with van der Waals surface area (Å²) in [6, 6.07) is 6.33. The second-order valence-electron chi connectivity index (χ2n) is 11.7. The van der Waals surface area contributed by atoms with Crippen molar-refractivity contribution in [3.63, 3.8) is 0 Å². The predicted molar refractivity (Wildman–Crippen MR) is 154 cm³/mol. The Morgan fingerprint density at radius 1 is 1.02 bits per heavy atom. The molecule has 1 aromatic carbocycles. The molecule has 216 valence electrons. The molecular formula is C31H42N4O5. The number of aliphatic hydroxyl groups excluding tert-OH is 1. The molecule has 9 heteroatoms. The molecular weight excluding hydrogens is 508 g/mol. The standard InChI is InChI=1S/C31H42N4O5/c1-6-33(7-2)21-11-13-22(14-12-21)34-17-9-15-31-26(25-24(40-31)10-8-16-32(5)28(25)37)29(38)35(27(31)30(34)39)23(19-36)18-20(3)4/h8-15,20,23-27,36H,6-7,16-19H2,1-5H3/t23-,24-,25+,26+,27?,31+/m1/s1. The molecule has 4 aliphatic heterocycles. The molecule has 2 saturated heterocycles. The number of likely N-dealkylation sites (tertiary alicyclic amines) is 1. The first kappa shape index (κ1) is 28.4. The molecule has 0 aliphatic carbocycles. The number of fused-ring (bicyclic) bond motifs is 2. The fourth-order valence-corrected chi connectivity index (χ4v) is 7.08. The van der Waals surface area contributed by atoms with Gasteiger partial charge in [0.25, 0.3) is 5.91 Å². The highest BCUT2D eigenvalue weighted by Crippen LogP contribution is 2.54. The molecule has 5 rings (SSSR count). The van der Waals surface area contributed by atoms with Gasteiger partial charge in [-0.3, -0.25) is 14.4 Å². The third-order valence-electron chi connectivity index (χ3n) is 8.94. The van der Waals surface area contributed by atoms with Crippen molar-refractivity contribution in [3.8, 4) is 0 Å². The zero-order valence-corrected chi connectivity index (χ0v) is 24.2. The largest absolute Gasteiger partial charge is 0.394 e. The smallest absolute Gasteiger partial charge is 0.253 e. The van der Waals surface area contributed by atoms with Gasteiger partial charge in [-0.2, -0.15) is 0 Å². The summed E-state index contributed by atoms with van der Waals surface area (Å²) >= 11 is 0. The Morgan fingerprint density at radius 2 is 1.73 bits per heavy atom. The van der Waals surface area contributed by atoms with Gasteiger partial charge in [0.1, 0.15) is 11.6 Å². The number of rotatable bonds is 8. The van der Waals surface area contributed by atoms with Gasteiger partial charge in [0.05, 0.1) is 30.6 Å². The molecule has 6 atom stereocenters. The summed E-state index contributed by atoms with van der Waals surface area (Å²) < 4.78 is 6.67. The van der Waals surface area contributed by atoms with Crippen LogP contribution in [0.4, 0.5) is 11.4 Å². The van der Waals surface area contributed by atoms with E-state index in [9.17, 15) is 19.5 Å². The molecule has 1 unspecified atom stereocenters. The van der Waals surface area contributed by atoms with Crippen LogP contribution >= 0.6 is 0 Å². The van der Waals surface area contributed by atoms with E-state index in [0.717, 1.165) is 24.5 Å². The fourth-order valence-electron chi connectivity index (χ4n) is 7.08. The first-order valence-corrected chi connectivity index (χ1v) is 14.5. The van der Waals surface area contributed by atoms with Gasteiger partial charge < -0.3 is 29.4 Å². The van der Waals surface area contributed by atoms with Gasteiger partial charge in [0.15, 0.2) is 0 Å². The Hall–Kier alpha value is -3.17. The third kappa shape index (κ3) is 4.43. The minimum absolute atomic E-state index is 0.163. The number of nitrogens with zero attached hydrogens (tertiary/aromatic N) is 4. The Morgan fingerprint density at radius 3 is 2.35 bits per heavy atom. The van der Waals surface area contributed by atoms with Crippen LogP contribution in [0.2, 0.25) is 0 Å². The lowest BCUT2D eigenvalue weighted by atomic mass is 9.77. The summed E-state index contributed by atoms with van der Waals surface area (Å²) in [7, 11) is 1.72. The first-order chi connectivity index (χ1) is 19.2. The summed E-state index contributed by atoms with van der Waals surface area (Å²) in [6.07, 6.45) is 7.41. The number of hydrogen-bond acceptors (Lipinski definition) is 6. The van der Waals surface area contributed by atoms with Crippen LogP contribution in [0.15, 0.2) is 48.6 Å². The molecule has 40 heavy (non-hydrogen) atoms. The van der Waals surface area contributed by atoms with E-state index in [0.29, 0.717) is 19.5 Å². The average Bonchev–Trinajstić information content (AvgIpc) is 3.27. The maximum absolute atomic E-state index is 14.6. The van der Waals surface area contributed by atoms with Crippen LogP contribution in [0.25, 0.3) is 0 Å². The highest BCUT2D eigenvalue weighted by molar-refractivity contribution is 6.06. The van der Waals surface area contributed by atoms with Crippen molar-refractivity contribution >= 4 is 29.1 Å². The van der Waals surface area contributed by atoms with E-state index in [4.69, 9.17) is 4.74 Å². The third-order valence-corrected chi connectivity index (χ3v) is 8.94. The Labute approximate surface area is 237 Å². The van der Waals surface area contributed by atoms with Gasteiger partial charge >= 0.3 is 0 Å². The van der Waals surface area contributed by atoms with E-state index < -0.39 is 35.6 Å². The van der Waals surface area contributed by atoms with Gasteiger partial charge in [0.2, 0.25) is 11.8 Å². The van der Waals surface area contributed by atoms with E-state index in [1.807, 2.05) is 62.4 Å². The minimum Gasteiger partial charge on any atom is -0.394 e. The Kier molecular flexibility index (Phi) is 7.81. The zero-order chi connectivity index (χ0) is 28.8. The van der Waals surface area contributed by atoms with E-state index in [-0.39, 0.29) is 30.2 Å². The van der Waals surface area contributed by atoms with Gasteiger partial charge in [-0.1, -0.05) is 38.2 Å². The molecule has 1 N–H and O–H groups in total. The van der Waals surface area contributed by atoms with Crippen molar-refractivity contribution in [2.75, 3.05) is 49.6 Å². The molecule has 4 aliphatic rings. The Bertz CT molecular complexity index is 1190. The van der Waals surface area contributed by atoms with Crippen molar-refractivity contribution in [2.24, 2.45) is 17.8 Å². The second kappa shape index (κ2) is 11.0. The van der Waals surface area contributed by atoms with Crippen LogP contribution in [-0.2, 0) is 19.1 Å². The van der Waals surface area contributed by atoms with Crippen LogP contribution in [0.1, 0.15) is 34.1 Å². The van der Waals surface area contributed by atoms with Crippen LogP contribution in [-0.4, -0.2) is 96.3 Å². The number of amides is 3. The topological polar surface area (TPSA) is 93.6 Å². The molecule has 1 aromatic rings. The number of carbonyl (C=O) groups excluding carboxylic acids is 3. The molecule has 1 spiro atoms. The lowest BCUT2D eigenvalue weighted by Crippen LogP contribution is -2.58. The second-order valence-corrected chi connectivity index (χ2v) is 11.7. The molecule has 9 nitrogen and oxygen atoms in total. The van der Waals surface area contributed by atoms with Gasteiger partial charge in [-0.05, 0) is 50.5 Å². The van der Waals surface area contributed by atoms with Gasteiger partial charge in [-0.25, -0.2) is 0 Å². The van der Waals surface area contributed by atoms with Crippen molar-refractivity contribution < 1.29 is 24.2 Å². The molecule has 3 amide bonds. The molecule has 2 fully saturated rings.